The van der Waals surface area contributed by atoms with E-state index in [1.54, 1.807) is 0 Å². The third-order valence-electron chi connectivity index (χ3n) is 4.80. The van der Waals surface area contributed by atoms with Crippen LogP contribution in [0.1, 0.15) is 11.1 Å². The minimum absolute atomic E-state index is 0.0858. The Balaban J connectivity index is 1.94. The van der Waals surface area contributed by atoms with Gasteiger partial charge >= 0.3 is 10.1 Å². The van der Waals surface area contributed by atoms with Crippen LogP contribution in [-0.2, 0) is 19.9 Å². The van der Waals surface area contributed by atoms with Crippen molar-refractivity contribution in [2.75, 3.05) is 0 Å². The van der Waals surface area contributed by atoms with Crippen LogP contribution in [-0.4, -0.2) is 17.9 Å². The third-order valence-corrected chi connectivity index (χ3v) is 10.4. The van der Waals surface area contributed by atoms with Crippen molar-refractivity contribution < 1.29 is 17.7 Å². The zero-order valence-corrected chi connectivity index (χ0v) is 19.8. The molecule has 0 saturated carbocycles. The summed E-state index contributed by atoms with van der Waals surface area (Å²) in [5, 5.41) is 10.4. The molecule has 0 spiro atoms. The molecule has 0 heterocycles. The number of hydrogen-bond acceptors (Lipinski definition) is 4. The minimum Gasteiger partial charge on any atom is -0.508 e. The molecule has 2 aliphatic rings. The molecule has 0 aromatic heterocycles. The summed E-state index contributed by atoms with van der Waals surface area (Å²) < 4.78 is 28.8. The van der Waals surface area contributed by atoms with Gasteiger partial charge in [-0.1, -0.05) is 58.0 Å². The van der Waals surface area contributed by atoms with Crippen molar-refractivity contribution in [3.63, 3.8) is 0 Å². The Kier molecular flexibility index (Phi) is 5.02. The van der Waals surface area contributed by atoms with E-state index in [4.69, 9.17) is 85.4 Å². The Morgan fingerprint density at radius 1 is 0.793 bits per heavy atom. The van der Waals surface area contributed by atoms with Gasteiger partial charge in [0.1, 0.15) is 26.1 Å². The fraction of sp³-hybridized carbons (Fsp3) is 0.176. The molecule has 1 N–H and O–H groups in total. The van der Waals surface area contributed by atoms with Gasteiger partial charge in [-0.15, -0.1) is 23.2 Å². The highest BCUT2D eigenvalue weighted by Crippen LogP contribution is 2.79. The number of phenolic OH excluding ortho intramolecular Hbond substituents is 1. The molecule has 29 heavy (non-hydrogen) atoms. The molecule has 2 atom stereocenters. The predicted molar refractivity (Wildman–Crippen MR) is 116 cm³/mol. The van der Waals surface area contributed by atoms with Gasteiger partial charge in [0.25, 0.3) is 0 Å². The van der Waals surface area contributed by atoms with E-state index in [0.29, 0.717) is 5.02 Å². The monoisotopic (exact) mass is 552 g/mol. The summed E-state index contributed by atoms with van der Waals surface area (Å²) >= 11 is 44.6. The van der Waals surface area contributed by atoms with Crippen molar-refractivity contribution in [2.45, 2.75) is 19.0 Å². The Labute approximate surface area is 200 Å². The second kappa shape index (κ2) is 6.63. The lowest BCUT2D eigenvalue weighted by Crippen LogP contribution is -2.39. The first kappa shape index (κ1) is 22.0. The maximum Gasteiger partial charge on any atom is 0.339 e. The average Bonchev–Trinajstić information content (AvgIpc) is 2.85. The van der Waals surface area contributed by atoms with Gasteiger partial charge in [0.15, 0.2) is 4.33 Å². The molecular weight excluding hydrogens is 548 g/mol. The number of alkyl halides is 4. The van der Waals surface area contributed by atoms with Crippen LogP contribution in [0.4, 0.5) is 0 Å². The Morgan fingerprint density at radius 2 is 1.31 bits per heavy atom. The van der Waals surface area contributed by atoms with Gasteiger partial charge in [0, 0.05) is 16.1 Å². The average molecular weight is 555 g/mol. The van der Waals surface area contributed by atoms with Crippen LogP contribution >= 0.6 is 81.2 Å². The second-order valence-electron chi connectivity index (χ2n) is 6.34. The number of hydrogen-bond donors (Lipinski definition) is 1. The molecule has 12 heteroatoms. The quantitative estimate of drug-likeness (QED) is 0.344. The van der Waals surface area contributed by atoms with E-state index in [-0.39, 0.29) is 37.6 Å². The fourth-order valence-electron chi connectivity index (χ4n) is 3.45. The third kappa shape index (κ3) is 2.63. The predicted octanol–water partition coefficient (Wildman–Crippen LogP) is 6.57. The fourth-order valence-corrected chi connectivity index (χ4v) is 7.22. The van der Waals surface area contributed by atoms with Crippen molar-refractivity contribution in [1.82, 2.24) is 0 Å². The molecule has 154 valence electrons. The first-order valence-corrected chi connectivity index (χ1v) is 11.7. The van der Waals surface area contributed by atoms with Gasteiger partial charge in [0.05, 0.1) is 10.1 Å². The lowest BCUT2D eigenvalue weighted by Gasteiger charge is -2.31. The number of fused-ring (bicyclic) bond motifs is 5. The summed E-state index contributed by atoms with van der Waals surface area (Å²) in [5.41, 5.74) is -0.177. The topological polar surface area (TPSA) is 63.6 Å². The smallest absolute Gasteiger partial charge is 0.339 e. The van der Waals surface area contributed by atoms with Crippen molar-refractivity contribution in [3.8, 4) is 11.5 Å². The summed E-state index contributed by atoms with van der Waals surface area (Å²) in [6, 6.07) is 7.66. The van der Waals surface area contributed by atoms with Crippen LogP contribution in [0.15, 0.2) is 51.4 Å². The normalized spacial score (nSPS) is 27.3. The van der Waals surface area contributed by atoms with Crippen LogP contribution < -0.4 is 4.18 Å². The number of rotatable bonds is 3. The first-order valence-electron chi connectivity index (χ1n) is 7.69. The zero-order chi connectivity index (χ0) is 21.6. The number of aromatic hydroxyl groups is 1. The van der Waals surface area contributed by atoms with Crippen LogP contribution in [0, 0.1) is 0 Å². The Hall–Kier alpha value is -0.240. The summed E-state index contributed by atoms with van der Waals surface area (Å²) in [7, 11) is -4.32. The van der Waals surface area contributed by atoms with E-state index in [2.05, 4.69) is 0 Å². The largest absolute Gasteiger partial charge is 0.508 e. The van der Waals surface area contributed by atoms with E-state index in [1.165, 1.54) is 36.4 Å². The molecule has 2 aromatic rings. The van der Waals surface area contributed by atoms with Gasteiger partial charge in [-0.2, -0.15) is 8.42 Å². The van der Waals surface area contributed by atoms with Gasteiger partial charge in [-0.3, -0.25) is 0 Å². The van der Waals surface area contributed by atoms with Crippen molar-refractivity contribution in [3.05, 3.63) is 62.6 Å². The van der Waals surface area contributed by atoms with Crippen LogP contribution in [0.2, 0.25) is 5.02 Å². The van der Waals surface area contributed by atoms with Gasteiger partial charge < -0.3 is 9.29 Å². The minimum atomic E-state index is -4.32. The molecule has 0 aliphatic heterocycles. The maximum atomic E-state index is 12.8. The lowest BCUT2D eigenvalue weighted by atomic mass is 9.94. The second-order valence-corrected chi connectivity index (χ2v) is 11.5. The van der Waals surface area contributed by atoms with E-state index in [0.717, 1.165) is 0 Å². The van der Waals surface area contributed by atoms with E-state index in [1.807, 2.05) is 0 Å². The molecule has 2 aliphatic carbocycles. The van der Waals surface area contributed by atoms with Crippen molar-refractivity contribution >= 4 is 91.3 Å². The molecule has 2 unspecified atom stereocenters. The van der Waals surface area contributed by atoms with E-state index >= 15 is 0 Å². The van der Waals surface area contributed by atoms with E-state index in [9.17, 15) is 13.5 Å². The molecular formula is C17H7Cl7O4S. The standard InChI is InChI=1S/C17H7Cl7O4S/c18-7-1-3-8(4-2-7)29(26,27)28-10-6-5-9(25)11-12(10)16(22)14(20)13(19)15(11,21)17(16,23)24/h1-6,25H. The van der Waals surface area contributed by atoms with Crippen LogP contribution in [0.25, 0.3) is 0 Å². The Morgan fingerprint density at radius 3 is 1.86 bits per heavy atom. The number of benzene rings is 2. The number of phenols is 1. The number of allylic oxidation sites excluding steroid dienone is 2. The molecule has 4 rings (SSSR count). The maximum absolute atomic E-state index is 12.8. The Bertz CT molecular complexity index is 1190. The van der Waals surface area contributed by atoms with Crippen LogP contribution in [0.3, 0.4) is 0 Å². The lowest BCUT2D eigenvalue weighted by molar-refractivity contribution is 0.457. The summed E-state index contributed by atoms with van der Waals surface area (Å²) in [6.45, 7) is 0. The molecule has 0 saturated heterocycles. The summed E-state index contributed by atoms with van der Waals surface area (Å²) in [4.78, 5) is -4.05. The number of halogens is 7. The van der Waals surface area contributed by atoms with Gasteiger partial charge in [-0.25, -0.2) is 0 Å². The van der Waals surface area contributed by atoms with E-state index < -0.39 is 24.2 Å². The SMILES string of the molecule is O=S(=O)(Oc1ccc(O)c2c1C1(Cl)C(Cl)=C(Cl)C2(Cl)C1(Cl)Cl)c1ccc(Cl)cc1. The molecule has 4 nitrogen and oxygen atoms in total. The molecule has 2 bridgehead atoms. The molecule has 2 aromatic carbocycles. The molecule has 0 fully saturated rings. The highest BCUT2D eigenvalue weighted by atomic mass is 35.5. The van der Waals surface area contributed by atoms with Crippen molar-refractivity contribution in [1.29, 1.82) is 0 Å². The highest BCUT2D eigenvalue weighted by Gasteiger charge is 2.79. The molecule has 0 radical (unpaired) electrons. The molecule has 0 amide bonds. The summed E-state index contributed by atoms with van der Waals surface area (Å²) in [5.74, 6) is -0.625. The van der Waals surface area contributed by atoms with Gasteiger partial charge in [0.2, 0.25) is 0 Å². The zero-order valence-electron chi connectivity index (χ0n) is 13.7. The van der Waals surface area contributed by atoms with Crippen LogP contribution in [0.5, 0.6) is 11.5 Å². The summed E-state index contributed by atoms with van der Waals surface area (Å²) in [6.07, 6.45) is 0. The first-order chi connectivity index (χ1) is 13.3. The van der Waals surface area contributed by atoms with Gasteiger partial charge in [-0.05, 0) is 36.4 Å². The highest BCUT2D eigenvalue weighted by molar-refractivity contribution is 7.87. The van der Waals surface area contributed by atoms with Crippen molar-refractivity contribution in [2.24, 2.45) is 0 Å².